The minimum Gasteiger partial charge on any atom is -0.389 e. The molecule has 0 atom stereocenters. The van der Waals surface area contributed by atoms with Crippen LogP contribution in [0.1, 0.15) is 16.7 Å². The average molecular weight is 292 g/mol. The van der Waals surface area contributed by atoms with E-state index >= 15 is 0 Å². The summed E-state index contributed by atoms with van der Waals surface area (Å²) in [6.07, 6.45) is 0. The van der Waals surface area contributed by atoms with Gasteiger partial charge < -0.3 is 11.1 Å². The van der Waals surface area contributed by atoms with Crippen LogP contribution in [0, 0.1) is 18.6 Å². The molecule has 104 valence electrons. The molecule has 2 nitrogen and oxygen atoms in total. The molecule has 0 saturated heterocycles. The Bertz CT molecular complexity index is 633. The summed E-state index contributed by atoms with van der Waals surface area (Å²) in [4.78, 5) is -0.0340. The molecule has 0 fully saturated rings. The molecule has 0 aliphatic heterocycles. The van der Waals surface area contributed by atoms with Gasteiger partial charge in [0.05, 0.1) is 0 Å². The molecular weight excluding hydrogens is 278 g/mol. The van der Waals surface area contributed by atoms with Crippen LogP contribution in [-0.2, 0) is 6.54 Å². The fourth-order valence-electron chi connectivity index (χ4n) is 1.88. The molecule has 2 aromatic rings. The van der Waals surface area contributed by atoms with Gasteiger partial charge in [-0.2, -0.15) is 0 Å². The van der Waals surface area contributed by atoms with Crippen molar-refractivity contribution in [3.05, 3.63) is 64.7 Å². The second-order valence-electron chi connectivity index (χ2n) is 4.46. The van der Waals surface area contributed by atoms with Gasteiger partial charge in [-0.25, -0.2) is 8.78 Å². The Hall–Kier alpha value is -2.01. The SMILES string of the molecule is Cc1ccccc1CNc1c(F)cc(C(N)=S)cc1F. The van der Waals surface area contributed by atoms with Crippen LogP contribution in [0.15, 0.2) is 36.4 Å². The Labute approximate surface area is 121 Å². The number of hydrogen-bond donors (Lipinski definition) is 2. The number of thiocarbonyl (C=S) groups is 1. The van der Waals surface area contributed by atoms with Crippen molar-refractivity contribution in [3.63, 3.8) is 0 Å². The van der Waals surface area contributed by atoms with E-state index < -0.39 is 11.6 Å². The maximum atomic E-state index is 13.9. The highest BCUT2D eigenvalue weighted by Crippen LogP contribution is 2.22. The molecular formula is C15H14F2N2S. The predicted octanol–water partition coefficient (Wildman–Crippen LogP) is 3.52. The molecule has 0 bridgehead atoms. The van der Waals surface area contributed by atoms with Crippen molar-refractivity contribution < 1.29 is 8.78 Å². The number of halogens is 2. The van der Waals surface area contributed by atoms with E-state index in [-0.39, 0.29) is 16.2 Å². The van der Waals surface area contributed by atoms with Crippen LogP contribution in [0.2, 0.25) is 0 Å². The van der Waals surface area contributed by atoms with Gasteiger partial charge in [-0.15, -0.1) is 0 Å². The monoisotopic (exact) mass is 292 g/mol. The Morgan fingerprint density at radius 3 is 2.35 bits per heavy atom. The lowest BCUT2D eigenvalue weighted by atomic mass is 10.1. The number of hydrogen-bond acceptors (Lipinski definition) is 2. The second kappa shape index (κ2) is 5.96. The standard InChI is InChI=1S/C15H14F2N2S/c1-9-4-2-3-5-10(9)8-19-14-12(16)6-11(15(18)20)7-13(14)17/h2-7,19H,8H2,1H3,(H2,18,20). The van der Waals surface area contributed by atoms with Crippen LogP contribution in [0.4, 0.5) is 14.5 Å². The molecule has 0 aliphatic rings. The zero-order valence-electron chi connectivity index (χ0n) is 10.9. The van der Waals surface area contributed by atoms with E-state index in [0.29, 0.717) is 6.54 Å². The van der Waals surface area contributed by atoms with Crippen molar-refractivity contribution in [2.45, 2.75) is 13.5 Å². The zero-order valence-corrected chi connectivity index (χ0v) is 11.7. The number of rotatable bonds is 4. The summed E-state index contributed by atoms with van der Waals surface area (Å²) in [6.45, 7) is 2.28. The first-order valence-electron chi connectivity index (χ1n) is 6.06. The Balaban J connectivity index is 2.22. The van der Waals surface area contributed by atoms with Crippen LogP contribution in [0.25, 0.3) is 0 Å². The van der Waals surface area contributed by atoms with Crippen molar-refractivity contribution in [2.75, 3.05) is 5.32 Å². The van der Waals surface area contributed by atoms with Crippen LogP contribution in [0.3, 0.4) is 0 Å². The van der Waals surface area contributed by atoms with Gasteiger partial charge in [0.15, 0.2) is 0 Å². The first-order valence-corrected chi connectivity index (χ1v) is 6.47. The zero-order chi connectivity index (χ0) is 14.7. The van der Waals surface area contributed by atoms with E-state index in [4.69, 9.17) is 18.0 Å². The fraction of sp³-hybridized carbons (Fsp3) is 0.133. The topological polar surface area (TPSA) is 38.0 Å². The molecule has 3 N–H and O–H groups in total. The maximum absolute atomic E-state index is 13.9. The van der Waals surface area contributed by atoms with Crippen molar-refractivity contribution in [1.29, 1.82) is 0 Å². The molecule has 0 spiro atoms. The van der Waals surface area contributed by atoms with E-state index in [1.54, 1.807) is 0 Å². The number of nitrogens with one attached hydrogen (secondary N) is 1. The molecule has 0 unspecified atom stereocenters. The highest BCUT2D eigenvalue weighted by atomic mass is 32.1. The van der Waals surface area contributed by atoms with Gasteiger partial charge in [-0.1, -0.05) is 36.5 Å². The van der Waals surface area contributed by atoms with Gasteiger partial charge in [0.1, 0.15) is 22.3 Å². The van der Waals surface area contributed by atoms with Crippen LogP contribution in [0.5, 0.6) is 0 Å². The van der Waals surface area contributed by atoms with Crippen LogP contribution < -0.4 is 11.1 Å². The van der Waals surface area contributed by atoms with Gasteiger partial charge >= 0.3 is 0 Å². The third kappa shape index (κ3) is 3.11. The molecule has 2 rings (SSSR count). The second-order valence-corrected chi connectivity index (χ2v) is 4.90. The van der Waals surface area contributed by atoms with Crippen LogP contribution in [-0.4, -0.2) is 4.99 Å². The van der Waals surface area contributed by atoms with Crippen LogP contribution >= 0.6 is 12.2 Å². The summed E-state index contributed by atoms with van der Waals surface area (Å²) in [7, 11) is 0. The van der Waals surface area contributed by atoms with Gasteiger partial charge in [-0.3, -0.25) is 0 Å². The van der Waals surface area contributed by atoms with Crippen molar-refractivity contribution in [1.82, 2.24) is 0 Å². The fourth-order valence-corrected chi connectivity index (χ4v) is 1.99. The van der Waals surface area contributed by atoms with Crippen molar-refractivity contribution in [3.8, 4) is 0 Å². The smallest absolute Gasteiger partial charge is 0.150 e. The minimum atomic E-state index is -0.707. The number of benzene rings is 2. The molecule has 0 amide bonds. The summed E-state index contributed by atoms with van der Waals surface area (Å²) in [6, 6.07) is 9.90. The first kappa shape index (κ1) is 14.4. The Morgan fingerprint density at radius 2 is 1.80 bits per heavy atom. The van der Waals surface area contributed by atoms with Crippen molar-refractivity contribution in [2.24, 2.45) is 5.73 Å². The summed E-state index contributed by atoms with van der Waals surface area (Å²) >= 11 is 4.71. The summed E-state index contributed by atoms with van der Waals surface area (Å²) in [5.41, 5.74) is 7.40. The molecule has 2 aromatic carbocycles. The number of anilines is 1. The van der Waals surface area contributed by atoms with Gasteiger partial charge in [0, 0.05) is 12.1 Å². The number of aryl methyl sites for hydroxylation is 1. The van der Waals surface area contributed by atoms with E-state index in [2.05, 4.69) is 5.32 Å². The maximum Gasteiger partial charge on any atom is 0.150 e. The quantitative estimate of drug-likeness (QED) is 0.847. The third-order valence-electron chi connectivity index (χ3n) is 3.04. The normalized spacial score (nSPS) is 10.3. The molecule has 0 saturated carbocycles. The lowest BCUT2D eigenvalue weighted by Crippen LogP contribution is -2.12. The lowest BCUT2D eigenvalue weighted by molar-refractivity contribution is 0.587. The van der Waals surface area contributed by atoms with E-state index in [9.17, 15) is 8.78 Å². The average Bonchev–Trinajstić information content (AvgIpc) is 2.39. The summed E-state index contributed by atoms with van der Waals surface area (Å²) in [5, 5.41) is 2.77. The molecule has 0 heterocycles. The molecule has 5 heteroatoms. The molecule has 0 radical (unpaired) electrons. The van der Waals surface area contributed by atoms with E-state index in [1.807, 2.05) is 31.2 Å². The molecule has 0 aliphatic carbocycles. The summed E-state index contributed by atoms with van der Waals surface area (Å²) in [5.74, 6) is -1.41. The molecule has 20 heavy (non-hydrogen) atoms. The highest BCUT2D eigenvalue weighted by molar-refractivity contribution is 7.80. The van der Waals surface area contributed by atoms with Gasteiger partial charge in [0.25, 0.3) is 0 Å². The van der Waals surface area contributed by atoms with Gasteiger partial charge in [-0.05, 0) is 30.2 Å². The minimum absolute atomic E-state index is 0.0340. The Morgan fingerprint density at radius 1 is 1.20 bits per heavy atom. The lowest BCUT2D eigenvalue weighted by Gasteiger charge is -2.11. The largest absolute Gasteiger partial charge is 0.389 e. The highest BCUT2D eigenvalue weighted by Gasteiger charge is 2.12. The van der Waals surface area contributed by atoms with E-state index in [1.165, 1.54) is 0 Å². The first-order chi connectivity index (χ1) is 9.49. The van der Waals surface area contributed by atoms with Crippen molar-refractivity contribution >= 4 is 22.9 Å². The number of nitrogens with two attached hydrogens (primary N) is 1. The third-order valence-corrected chi connectivity index (χ3v) is 3.28. The molecule has 0 aromatic heterocycles. The predicted molar refractivity (Wildman–Crippen MR) is 80.8 cm³/mol. The van der Waals surface area contributed by atoms with E-state index in [0.717, 1.165) is 23.3 Å². The summed E-state index contributed by atoms with van der Waals surface area (Å²) < 4.78 is 27.7. The Kier molecular flexibility index (Phi) is 4.29. The van der Waals surface area contributed by atoms with Gasteiger partial charge in [0.2, 0.25) is 0 Å².